The summed E-state index contributed by atoms with van der Waals surface area (Å²) >= 11 is 10.1. The van der Waals surface area contributed by atoms with Gasteiger partial charge in [0.2, 0.25) is 5.91 Å². The Labute approximate surface area is 245 Å². The minimum Gasteiger partial charge on any atom is -0.484 e. The van der Waals surface area contributed by atoms with Gasteiger partial charge in [-0.2, -0.15) is 0 Å². The summed E-state index contributed by atoms with van der Waals surface area (Å²) in [5.74, 6) is 0.208. The van der Waals surface area contributed by atoms with Crippen LogP contribution in [0.25, 0.3) is 0 Å². The van der Waals surface area contributed by atoms with E-state index in [0.717, 1.165) is 52.4 Å². The van der Waals surface area contributed by atoms with Crippen molar-refractivity contribution in [3.05, 3.63) is 98.5 Å². The molecule has 0 bridgehead atoms. The Kier molecular flexibility index (Phi) is 10.5. The highest BCUT2D eigenvalue weighted by Crippen LogP contribution is 2.27. The third-order valence-corrected chi connectivity index (χ3v) is 8.91. The predicted octanol–water partition coefficient (Wildman–Crippen LogP) is 7.19. The summed E-state index contributed by atoms with van der Waals surface area (Å²) in [4.78, 5) is 29.3. The molecule has 1 saturated carbocycles. The van der Waals surface area contributed by atoms with Gasteiger partial charge in [-0.3, -0.25) is 9.59 Å². The molecule has 39 heavy (non-hydrogen) atoms. The van der Waals surface area contributed by atoms with E-state index in [0.29, 0.717) is 17.2 Å². The molecule has 1 atom stereocenters. The molecule has 1 fully saturated rings. The lowest BCUT2D eigenvalue weighted by atomic mass is 9.94. The summed E-state index contributed by atoms with van der Waals surface area (Å²) in [5, 5.41) is 3.82. The average molecular weight is 612 g/mol. The number of rotatable bonds is 10. The van der Waals surface area contributed by atoms with Crippen LogP contribution in [0, 0.1) is 13.8 Å². The number of halogens is 2. The van der Waals surface area contributed by atoms with E-state index in [4.69, 9.17) is 16.3 Å². The molecular weight excluding hydrogens is 576 g/mol. The minimum absolute atomic E-state index is 0.131. The van der Waals surface area contributed by atoms with E-state index in [1.807, 2.05) is 74.5 Å². The molecule has 2 amide bonds. The molecule has 1 aliphatic rings. The SMILES string of the molecule is Cc1cc(OCC(=O)N(Cc2ccccc2Cl)[C@H](Cc2ccccc2)C(=O)NC2CCCCC2)cc(C)c1Br. The van der Waals surface area contributed by atoms with E-state index >= 15 is 0 Å². The summed E-state index contributed by atoms with van der Waals surface area (Å²) in [6.45, 7) is 3.99. The lowest BCUT2D eigenvalue weighted by Crippen LogP contribution is -2.53. The molecule has 0 aromatic heterocycles. The van der Waals surface area contributed by atoms with Crippen molar-refractivity contribution >= 4 is 39.3 Å². The first kappa shape index (κ1) is 29.2. The molecule has 7 heteroatoms. The van der Waals surface area contributed by atoms with Crippen molar-refractivity contribution in [2.24, 2.45) is 0 Å². The standard InChI is InChI=1S/C32H36BrClN2O3/c1-22-17-27(18-23(2)31(22)33)39-21-30(37)36(20-25-13-9-10-16-28(25)34)29(19-24-11-5-3-6-12-24)32(38)35-26-14-7-4-8-15-26/h3,5-6,9-13,16-18,26,29H,4,7-8,14-15,19-21H2,1-2H3,(H,35,38)/t29-/m1/s1. The number of nitrogens with one attached hydrogen (secondary N) is 1. The van der Waals surface area contributed by atoms with Crippen LogP contribution in [-0.2, 0) is 22.6 Å². The number of hydrogen-bond acceptors (Lipinski definition) is 3. The lowest BCUT2D eigenvalue weighted by molar-refractivity contribution is -0.143. The smallest absolute Gasteiger partial charge is 0.261 e. The fourth-order valence-electron chi connectivity index (χ4n) is 5.13. The van der Waals surface area contributed by atoms with Gasteiger partial charge in [0.05, 0.1) is 0 Å². The summed E-state index contributed by atoms with van der Waals surface area (Å²) in [7, 11) is 0. The van der Waals surface area contributed by atoms with Crippen molar-refractivity contribution in [3.8, 4) is 5.75 Å². The van der Waals surface area contributed by atoms with Crippen molar-refractivity contribution in [1.29, 1.82) is 0 Å². The predicted molar refractivity (Wildman–Crippen MR) is 160 cm³/mol. The number of nitrogens with zero attached hydrogens (tertiary/aromatic N) is 1. The molecule has 0 saturated heterocycles. The van der Waals surface area contributed by atoms with E-state index in [9.17, 15) is 9.59 Å². The largest absolute Gasteiger partial charge is 0.484 e. The summed E-state index contributed by atoms with van der Waals surface area (Å²) in [5.41, 5.74) is 3.82. The Morgan fingerprint density at radius 1 is 1.00 bits per heavy atom. The maximum atomic E-state index is 13.9. The molecule has 4 rings (SSSR count). The third-order valence-electron chi connectivity index (χ3n) is 7.29. The van der Waals surface area contributed by atoms with Crippen molar-refractivity contribution in [2.75, 3.05) is 6.61 Å². The van der Waals surface area contributed by atoms with Gasteiger partial charge in [-0.15, -0.1) is 0 Å². The number of benzene rings is 3. The summed E-state index contributed by atoms with van der Waals surface area (Å²) in [6, 6.07) is 20.5. The average Bonchev–Trinajstić information content (AvgIpc) is 2.94. The van der Waals surface area contributed by atoms with Crippen molar-refractivity contribution < 1.29 is 14.3 Å². The van der Waals surface area contributed by atoms with Crippen LogP contribution in [0.15, 0.2) is 71.2 Å². The topological polar surface area (TPSA) is 58.6 Å². The minimum atomic E-state index is -0.713. The Morgan fingerprint density at radius 3 is 2.31 bits per heavy atom. The van der Waals surface area contributed by atoms with Crippen molar-refractivity contribution in [1.82, 2.24) is 10.2 Å². The second-order valence-electron chi connectivity index (χ2n) is 10.3. The molecule has 0 heterocycles. The number of amides is 2. The maximum absolute atomic E-state index is 13.9. The van der Waals surface area contributed by atoms with Crippen LogP contribution < -0.4 is 10.1 Å². The second-order valence-corrected chi connectivity index (χ2v) is 11.5. The molecule has 1 aliphatic carbocycles. The fourth-order valence-corrected chi connectivity index (χ4v) is 5.55. The van der Waals surface area contributed by atoms with E-state index in [-0.39, 0.29) is 31.0 Å². The van der Waals surface area contributed by atoms with Crippen LogP contribution in [0.4, 0.5) is 0 Å². The van der Waals surface area contributed by atoms with E-state index < -0.39 is 6.04 Å². The van der Waals surface area contributed by atoms with Crippen LogP contribution >= 0.6 is 27.5 Å². The Bertz CT molecular complexity index is 1250. The number of carbonyl (C=O) groups is 2. The number of carbonyl (C=O) groups excluding carboxylic acids is 2. The molecule has 3 aromatic carbocycles. The van der Waals surface area contributed by atoms with Crippen LogP contribution in [0.2, 0.25) is 5.02 Å². The Morgan fingerprint density at radius 2 is 1.64 bits per heavy atom. The quantitative estimate of drug-likeness (QED) is 0.264. The molecule has 0 unspecified atom stereocenters. The molecule has 5 nitrogen and oxygen atoms in total. The van der Waals surface area contributed by atoms with Gasteiger partial charge in [-0.1, -0.05) is 95.3 Å². The molecule has 0 radical (unpaired) electrons. The molecule has 0 spiro atoms. The fraction of sp³-hybridized carbons (Fsp3) is 0.375. The van der Waals surface area contributed by atoms with E-state index in [2.05, 4.69) is 21.2 Å². The van der Waals surface area contributed by atoms with Gasteiger partial charge in [0.25, 0.3) is 5.91 Å². The normalized spacial score (nSPS) is 14.5. The zero-order valence-electron chi connectivity index (χ0n) is 22.6. The van der Waals surface area contributed by atoms with Gasteiger partial charge < -0.3 is 15.0 Å². The molecule has 3 aromatic rings. The Balaban J connectivity index is 1.63. The molecule has 206 valence electrons. The van der Waals surface area contributed by atoms with Gasteiger partial charge >= 0.3 is 0 Å². The zero-order chi connectivity index (χ0) is 27.8. The first-order valence-corrected chi connectivity index (χ1v) is 14.8. The highest BCUT2D eigenvalue weighted by Gasteiger charge is 2.32. The lowest BCUT2D eigenvalue weighted by Gasteiger charge is -2.33. The van der Waals surface area contributed by atoms with E-state index in [1.165, 1.54) is 6.42 Å². The summed E-state index contributed by atoms with van der Waals surface area (Å²) in [6.07, 6.45) is 5.74. The van der Waals surface area contributed by atoms with Crippen LogP contribution in [0.3, 0.4) is 0 Å². The zero-order valence-corrected chi connectivity index (χ0v) is 24.9. The molecule has 0 aliphatic heterocycles. The first-order chi connectivity index (χ1) is 18.8. The maximum Gasteiger partial charge on any atom is 0.261 e. The number of aryl methyl sites for hydroxylation is 2. The van der Waals surface area contributed by atoms with Crippen molar-refractivity contribution in [2.45, 2.75) is 71.0 Å². The second kappa shape index (κ2) is 14.0. The van der Waals surface area contributed by atoms with Crippen LogP contribution in [-0.4, -0.2) is 35.4 Å². The van der Waals surface area contributed by atoms with Gasteiger partial charge in [-0.05, 0) is 67.1 Å². The molecule has 1 N–H and O–H groups in total. The van der Waals surface area contributed by atoms with Gasteiger partial charge in [0, 0.05) is 28.5 Å². The third kappa shape index (κ3) is 8.09. The number of hydrogen-bond donors (Lipinski definition) is 1. The highest BCUT2D eigenvalue weighted by molar-refractivity contribution is 9.10. The van der Waals surface area contributed by atoms with Crippen molar-refractivity contribution in [3.63, 3.8) is 0 Å². The van der Waals surface area contributed by atoms with Crippen LogP contribution in [0.1, 0.15) is 54.4 Å². The van der Waals surface area contributed by atoms with E-state index in [1.54, 1.807) is 11.0 Å². The molecular formula is C32H36BrClN2O3. The van der Waals surface area contributed by atoms with Crippen LogP contribution in [0.5, 0.6) is 5.75 Å². The van der Waals surface area contributed by atoms with Gasteiger partial charge in [0.15, 0.2) is 6.61 Å². The monoisotopic (exact) mass is 610 g/mol. The van der Waals surface area contributed by atoms with Gasteiger partial charge in [-0.25, -0.2) is 0 Å². The number of ether oxygens (including phenoxy) is 1. The Hall–Kier alpha value is -2.83. The highest BCUT2D eigenvalue weighted by atomic mass is 79.9. The van der Waals surface area contributed by atoms with Gasteiger partial charge in [0.1, 0.15) is 11.8 Å². The first-order valence-electron chi connectivity index (χ1n) is 13.6. The summed E-state index contributed by atoms with van der Waals surface area (Å²) < 4.78 is 7.00.